The van der Waals surface area contributed by atoms with Crippen LogP contribution in [0.4, 0.5) is 10.3 Å². The lowest BCUT2D eigenvalue weighted by molar-refractivity contribution is 0.401. The number of anilines is 1. The highest BCUT2D eigenvalue weighted by Crippen LogP contribution is 2.22. The Labute approximate surface area is 120 Å². The number of nitrogen functional groups attached to an aromatic ring is 1. The molecule has 108 valence electrons. The van der Waals surface area contributed by atoms with E-state index in [1.807, 2.05) is 0 Å². The van der Waals surface area contributed by atoms with Crippen molar-refractivity contribution in [2.24, 2.45) is 0 Å². The van der Waals surface area contributed by atoms with Gasteiger partial charge in [0.05, 0.1) is 7.11 Å². The van der Waals surface area contributed by atoms with E-state index in [1.165, 1.54) is 25.6 Å². The lowest BCUT2D eigenvalue weighted by Gasteiger charge is -2.06. The third-order valence-electron chi connectivity index (χ3n) is 3.26. The van der Waals surface area contributed by atoms with Crippen molar-refractivity contribution < 1.29 is 9.13 Å². The second kappa shape index (κ2) is 5.35. The zero-order valence-electron chi connectivity index (χ0n) is 11.5. The SMILES string of the molecule is COc1ncnc2c1nc(N)n2CCc1ccc(F)cc1. The highest BCUT2D eigenvalue weighted by Gasteiger charge is 2.14. The summed E-state index contributed by atoms with van der Waals surface area (Å²) in [4.78, 5) is 12.4. The van der Waals surface area contributed by atoms with E-state index in [-0.39, 0.29) is 5.82 Å². The lowest BCUT2D eigenvalue weighted by atomic mass is 10.1. The summed E-state index contributed by atoms with van der Waals surface area (Å²) >= 11 is 0. The second-order valence-corrected chi connectivity index (χ2v) is 4.55. The monoisotopic (exact) mass is 287 g/mol. The van der Waals surface area contributed by atoms with Crippen LogP contribution in [-0.2, 0) is 13.0 Å². The Bertz CT molecular complexity index is 769. The molecule has 2 N–H and O–H groups in total. The molecule has 3 rings (SSSR count). The Morgan fingerprint density at radius 1 is 1.24 bits per heavy atom. The molecule has 3 aromatic rings. The highest BCUT2D eigenvalue weighted by atomic mass is 19.1. The van der Waals surface area contributed by atoms with Gasteiger partial charge in [-0.05, 0) is 24.1 Å². The van der Waals surface area contributed by atoms with Crippen LogP contribution in [0.2, 0.25) is 0 Å². The van der Waals surface area contributed by atoms with Crippen LogP contribution in [0.1, 0.15) is 5.56 Å². The molecule has 1 aromatic carbocycles. The fraction of sp³-hybridized carbons (Fsp3) is 0.214. The molecular formula is C14H14FN5O. The van der Waals surface area contributed by atoms with E-state index in [1.54, 1.807) is 16.7 Å². The molecule has 2 heterocycles. The molecule has 7 heteroatoms. The second-order valence-electron chi connectivity index (χ2n) is 4.55. The minimum Gasteiger partial charge on any atom is -0.479 e. The molecular weight excluding hydrogens is 273 g/mol. The quantitative estimate of drug-likeness (QED) is 0.791. The Morgan fingerprint density at radius 3 is 2.71 bits per heavy atom. The number of hydrogen-bond donors (Lipinski definition) is 1. The smallest absolute Gasteiger partial charge is 0.245 e. The first-order valence-corrected chi connectivity index (χ1v) is 6.44. The van der Waals surface area contributed by atoms with Crippen molar-refractivity contribution in [2.45, 2.75) is 13.0 Å². The number of halogens is 1. The maximum Gasteiger partial charge on any atom is 0.245 e. The molecule has 6 nitrogen and oxygen atoms in total. The van der Waals surface area contributed by atoms with Gasteiger partial charge in [-0.3, -0.25) is 4.57 Å². The van der Waals surface area contributed by atoms with Crippen LogP contribution in [0.25, 0.3) is 11.2 Å². The first-order chi connectivity index (χ1) is 10.2. The van der Waals surface area contributed by atoms with Gasteiger partial charge >= 0.3 is 0 Å². The number of fused-ring (bicyclic) bond motifs is 1. The van der Waals surface area contributed by atoms with Crippen LogP contribution in [0.5, 0.6) is 5.88 Å². The van der Waals surface area contributed by atoms with Crippen molar-refractivity contribution >= 4 is 17.1 Å². The van der Waals surface area contributed by atoms with Gasteiger partial charge in [0.15, 0.2) is 11.2 Å². The molecule has 0 bridgehead atoms. The van der Waals surface area contributed by atoms with Gasteiger partial charge in [0, 0.05) is 6.54 Å². The Balaban J connectivity index is 1.90. The lowest BCUT2D eigenvalue weighted by Crippen LogP contribution is -2.06. The number of imidazole rings is 1. The molecule has 0 fully saturated rings. The number of benzene rings is 1. The van der Waals surface area contributed by atoms with Crippen LogP contribution in [0.15, 0.2) is 30.6 Å². The Hall–Kier alpha value is -2.70. The standard InChI is InChI=1S/C14H14FN5O/c1-21-13-11-12(17-8-18-13)20(14(16)19-11)7-6-9-2-4-10(15)5-3-9/h2-5,8H,6-7H2,1H3,(H2,16,19). The molecule has 2 aromatic heterocycles. The van der Waals surface area contributed by atoms with Crippen molar-refractivity contribution in [1.29, 1.82) is 0 Å². The van der Waals surface area contributed by atoms with Crippen LogP contribution in [0, 0.1) is 5.82 Å². The molecule has 0 unspecified atom stereocenters. The predicted molar refractivity (Wildman–Crippen MR) is 76.4 cm³/mol. The average molecular weight is 287 g/mol. The van der Waals surface area contributed by atoms with Crippen molar-refractivity contribution in [3.8, 4) is 5.88 Å². The van der Waals surface area contributed by atoms with Gasteiger partial charge in [-0.1, -0.05) is 12.1 Å². The maximum atomic E-state index is 12.9. The maximum absolute atomic E-state index is 12.9. The summed E-state index contributed by atoms with van der Waals surface area (Å²) in [6.07, 6.45) is 2.11. The van der Waals surface area contributed by atoms with E-state index in [0.29, 0.717) is 36.0 Å². The normalized spacial score (nSPS) is 11.0. The van der Waals surface area contributed by atoms with Gasteiger partial charge in [0.2, 0.25) is 11.8 Å². The molecule has 0 amide bonds. The van der Waals surface area contributed by atoms with Crippen LogP contribution in [-0.4, -0.2) is 26.6 Å². The zero-order chi connectivity index (χ0) is 14.8. The molecule has 0 saturated heterocycles. The third-order valence-corrected chi connectivity index (χ3v) is 3.26. The van der Waals surface area contributed by atoms with Crippen molar-refractivity contribution in [3.63, 3.8) is 0 Å². The number of aromatic nitrogens is 4. The zero-order valence-corrected chi connectivity index (χ0v) is 11.5. The summed E-state index contributed by atoms with van der Waals surface area (Å²) in [6, 6.07) is 6.38. The summed E-state index contributed by atoms with van der Waals surface area (Å²) in [5, 5.41) is 0. The van der Waals surface area contributed by atoms with Gasteiger partial charge in [-0.15, -0.1) is 0 Å². The van der Waals surface area contributed by atoms with Crippen LogP contribution < -0.4 is 10.5 Å². The van der Waals surface area contributed by atoms with E-state index in [4.69, 9.17) is 10.5 Å². The molecule has 0 saturated carbocycles. The third kappa shape index (κ3) is 2.49. The van der Waals surface area contributed by atoms with Gasteiger partial charge in [-0.2, -0.15) is 4.98 Å². The Kier molecular flexibility index (Phi) is 3.39. The summed E-state index contributed by atoms with van der Waals surface area (Å²) in [6.45, 7) is 0.591. The molecule has 0 spiro atoms. The fourth-order valence-electron chi connectivity index (χ4n) is 2.19. The predicted octanol–water partition coefficient (Wildman–Crippen LogP) is 1.80. The van der Waals surface area contributed by atoms with Gasteiger partial charge < -0.3 is 10.5 Å². The molecule has 0 atom stereocenters. The molecule has 21 heavy (non-hydrogen) atoms. The number of nitrogens with two attached hydrogens (primary N) is 1. The number of rotatable bonds is 4. The van der Waals surface area contributed by atoms with E-state index < -0.39 is 0 Å². The van der Waals surface area contributed by atoms with E-state index >= 15 is 0 Å². The highest BCUT2D eigenvalue weighted by molar-refractivity contribution is 5.78. The molecule has 0 radical (unpaired) electrons. The van der Waals surface area contributed by atoms with Gasteiger partial charge in [0.1, 0.15) is 12.1 Å². The molecule has 0 aliphatic carbocycles. The number of hydrogen-bond acceptors (Lipinski definition) is 5. The van der Waals surface area contributed by atoms with E-state index in [2.05, 4.69) is 15.0 Å². The number of ether oxygens (including phenoxy) is 1. The fourth-order valence-corrected chi connectivity index (χ4v) is 2.19. The van der Waals surface area contributed by atoms with Gasteiger partial charge in [-0.25, -0.2) is 14.4 Å². The minimum absolute atomic E-state index is 0.246. The van der Waals surface area contributed by atoms with Crippen molar-refractivity contribution in [1.82, 2.24) is 19.5 Å². The largest absolute Gasteiger partial charge is 0.479 e. The number of methoxy groups -OCH3 is 1. The van der Waals surface area contributed by atoms with Crippen LogP contribution >= 0.6 is 0 Å². The summed E-state index contributed by atoms with van der Waals surface area (Å²) in [7, 11) is 1.52. The average Bonchev–Trinajstić information content (AvgIpc) is 2.82. The number of aryl methyl sites for hydroxylation is 2. The van der Waals surface area contributed by atoms with Crippen molar-refractivity contribution in [2.75, 3.05) is 12.8 Å². The summed E-state index contributed by atoms with van der Waals surface area (Å²) in [5.74, 6) is 0.502. The van der Waals surface area contributed by atoms with Gasteiger partial charge in [0.25, 0.3) is 0 Å². The van der Waals surface area contributed by atoms with E-state index in [9.17, 15) is 4.39 Å². The topological polar surface area (TPSA) is 78.8 Å². The first-order valence-electron chi connectivity index (χ1n) is 6.44. The summed E-state index contributed by atoms with van der Waals surface area (Å²) in [5.41, 5.74) is 8.11. The minimum atomic E-state index is -0.246. The number of nitrogens with zero attached hydrogens (tertiary/aromatic N) is 4. The van der Waals surface area contributed by atoms with Crippen LogP contribution in [0.3, 0.4) is 0 Å². The molecule has 0 aliphatic rings. The first kappa shape index (κ1) is 13.3. The van der Waals surface area contributed by atoms with Crippen molar-refractivity contribution in [3.05, 3.63) is 42.0 Å². The van der Waals surface area contributed by atoms with E-state index in [0.717, 1.165) is 5.56 Å². The Morgan fingerprint density at radius 2 is 2.00 bits per heavy atom. The summed E-state index contributed by atoms with van der Waals surface area (Å²) < 4.78 is 19.8. The molecule has 0 aliphatic heterocycles.